The molecule has 8 atom stereocenters. The minimum absolute atomic E-state index is 0.121. The molecule has 1 rings (SSSR count). The van der Waals surface area contributed by atoms with Crippen molar-refractivity contribution in [1.29, 1.82) is 0 Å². The van der Waals surface area contributed by atoms with Gasteiger partial charge < -0.3 is 45.1 Å². The van der Waals surface area contributed by atoms with Crippen molar-refractivity contribution in [3.05, 3.63) is 48.6 Å². The van der Waals surface area contributed by atoms with Crippen LogP contribution in [0, 0.1) is 0 Å². The second kappa shape index (κ2) is 49.5. The zero-order chi connectivity index (χ0) is 52.5. The number of amides is 1. The number of aliphatic hydroxyl groups is 5. The second-order valence-electron chi connectivity index (χ2n) is 20.7. The van der Waals surface area contributed by atoms with Crippen molar-refractivity contribution in [2.45, 2.75) is 314 Å². The average molecular weight is 1020 g/mol. The van der Waals surface area contributed by atoms with Gasteiger partial charge in [0.2, 0.25) is 5.91 Å². The van der Waals surface area contributed by atoms with E-state index >= 15 is 0 Å². The SMILES string of the molecule is CCCC/C=C\CCCCCCC(O)C(=O)NC(COC1OC(CO)C(O)C(O)C1OC(=O)CCCCCCCCCCCCC/C=C\C/C=C\CCCCC)C(O)/C=C/CCCCCCCCCCCC. The first kappa shape index (κ1) is 67.6. The highest BCUT2D eigenvalue weighted by Crippen LogP contribution is 2.26. The maximum atomic E-state index is 13.3. The number of hydrogen-bond acceptors (Lipinski definition) is 10. The lowest BCUT2D eigenvalue weighted by Crippen LogP contribution is -2.61. The van der Waals surface area contributed by atoms with Crippen LogP contribution in [0.5, 0.6) is 0 Å². The van der Waals surface area contributed by atoms with Gasteiger partial charge in [-0.25, -0.2) is 0 Å². The van der Waals surface area contributed by atoms with Gasteiger partial charge in [-0.05, 0) is 77.0 Å². The van der Waals surface area contributed by atoms with Gasteiger partial charge >= 0.3 is 5.97 Å². The van der Waals surface area contributed by atoms with Gasteiger partial charge in [-0.3, -0.25) is 9.59 Å². The van der Waals surface area contributed by atoms with Crippen LogP contribution in [-0.4, -0.2) is 99.6 Å². The molecule has 1 amide bonds. The Morgan fingerprint density at radius 3 is 1.50 bits per heavy atom. The van der Waals surface area contributed by atoms with Crippen LogP contribution in [0.4, 0.5) is 0 Å². The van der Waals surface area contributed by atoms with Crippen LogP contribution in [-0.2, 0) is 23.8 Å². The van der Waals surface area contributed by atoms with Crippen molar-refractivity contribution in [3.8, 4) is 0 Å². The Hall–Kier alpha value is -2.38. The van der Waals surface area contributed by atoms with E-state index in [0.29, 0.717) is 12.8 Å². The first-order valence-electron chi connectivity index (χ1n) is 29.9. The molecule has 1 heterocycles. The van der Waals surface area contributed by atoms with Crippen molar-refractivity contribution >= 4 is 11.9 Å². The lowest BCUT2D eigenvalue weighted by Gasteiger charge is -2.41. The Morgan fingerprint density at radius 2 is 0.972 bits per heavy atom. The van der Waals surface area contributed by atoms with Crippen molar-refractivity contribution < 1.29 is 49.3 Å². The number of hydrogen-bond donors (Lipinski definition) is 6. The number of carbonyl (C=O) groups excluding carboxylic acids is 2. The lowest BCUT2D eigenvalue weighted by atomic mass is 9.99. The number of carbonyl (C=O) groups is 2. The highest BCUT2D eigenvalue weighted by molar-refractivity contribution is 5.80. The third-order valence-electron chi connectivity index (χ3n) is 14.0. The van der Waals surface area contributed by atoms with Crippen LogP contribution in [0.3, 0.4) is 0 Å². The summed E-state index contributed by atoms with van der Waals surface area (Å²) in [5.74, 6) is -1.20. The van der Waals surface area contributed by atoms with Gasteiger partial charge in [-0.1, -0.05) is 230 Å². The Bertz CT molecular complexity index is 1350. The van der Waals surface area contributed by atoms with Gasteiger partial charge in [0.25, 0.3) is 0 Å². The minimum atomic E-state index is -1.61. The molecule has 8 unspecified atom stereocenters. The van der Waals surface area contributed by atoms with Crippen molar-refractivity contribution in [1.82, 2.24) is 5.32 Å². The summed E-state index contributed by atoms with van der Waals surface area (Å²) in [6, 6.07) is -1.03. The summed E-state index contributed by atoms with van der Waals surface area (Å²) in [6.45, 7) is 5.71. The van der Waals surface area contributed by atoms with E-state index in [4.69, 9.17) is 14.2 Å². The van der Waals surface area contributed by atoms with Gasteiger partial charge in [0.05, 0.1) is 25.4 Å². The topological polar surface area (TPSA) is 175 Å². The van der Waals surface area contributed by atoms with E-state index in [1.54, 1.807) is 6.08 Å². The fraction of sp³-hybridized carbons (Fsp3) is 0.836. The molecule has 0 aromatic carbocycles. The summed E-state index contributed by atoms with van der Waals surface area (Å²) in [7, 11) is 0. The van der Waals surface area contributed by atoms with Crippen LogP contribution < -0.4 is 5.32 Å². The fourth-order valence-corrected chi connectivity index (χ4v) is 9.13. The summed E-state index contributed by atoms with van der Waals surface area (Å²) < 4.78 is 17.6. The molecule has 0 aromatic heterocycles. The first-order valence-corrected chi connectivity index (χ1v) is 29.9. The van der Waals surface area contributed by atoms with Gasteiger partial charge in [0.15, 0.2) is 12.4 Å². The van der Waals surface area contributed by atoms with Crippen LogP contribution in [0.2, 0.25) is 0 Å². The van der Waals surface area contributed by atoms with Crippen molar-refractivity contribution in [3.63, 3.8) is 0 Å². The third-order valence-corrected chi connectivity index (χ3v) is 14.0. The summed E-state index contributed by atoms with van der Waals surface area (Å²) in [5.41, 5.74) is 0. The highest BCUT2D eigenvalue weighted by Gasteiger charge is 2.47. The normalized spacial score (nSPS) is 19.8. The Kier molecular flexibility index (Phi) is 46.5. The molecular weight excluding hydrogens is 907 g/mol. The molecule has 1 aliphatic heterocycles. The van der Waals surface area contributed by atoms with Crippen LogP contribution in [0.15, 0.2) is 48.6 Å². The van der Waals surface area contributed by atoms with Crippen LogP contribution >= 0.6 is 0 Å². The first-order chi connectivity index (χ1) is 35.2. The van der Waals surface area contributed by atoms with E-state index in [1.807, 2.05) is 6.08 Å². The predicted octanol–water partition coefficient (Wildman–Crippen LogP) is 13.7. The molecule has 72 heavy (non-hydrogen) atoms. The van der Waals surface area contributed by atoms with Gasteiger partial charge in [0, 0.05) is 6.42 Å². The lowest BCUT2D eigenvalue weighted by molar-refractivity contribution is -0.305. The largest absolute Gasteiger partial charge is 0.454 e. The average Bonchev–Trinajstić information content (AvgIpc) is 3.38. The standard InChI is InChI=1S/C61H111NO10/c1-4-7-10-13-16-19-22-24-25-26-27-28-29-30-31-32-34-37-40-43-46-49-56(66)72-59-58(68)57(67)55(50-63)71-61(59)70-51-52(53(64)47-44-41-38-36-33-23-20-17-14-11-8-5-2)62-60(69)54(65)48-45-42-39-35-21-18-15-12-9-6-3/h15-16,18-19,24-25,44,47,52-55,57-59,61,63-65,67-68H,4-14,17,20-23,26-43,45-46,48-51H2,1-3H3,(H,62,69)/b18-15-,19-16-,25-24-,47-44+. The van der Waals surface area contributed by atoms with E-state index in [0.717, 1.165) is 77.0 Å². The molecular formula is C61H111NO10. The van der Waals surface area contributed by atoms with Crippen LogP contribution in [0.1, 0.15) is 265 Å². The summed E-state index contributed by atoms with van der Waals surface area (Å²) in [6.07, 6.45) is 48.7. The minimum Gasteiger partial charge on any atom is -0.454 e. The maximum Gasteiger partial charge on any atom is 0.306 e. The number of allylic oxidation sites excluding steroid dienone is 7. The third kappa shape index (κ3) is 37.4. The summed E-state index contributed by atoms with van der Waals surface area (Å²) >= 11 is 0. The second-order valence-corrected chi connectivity index (χ2v) is 20.7. The number of unbranched alkanes of at least 4 members (excludes halogenated alkanes) is 30. The van der Waals surface area contributed by atoms with E-state index in [-0.39, 0.29) is 19.4 Å². The number of esters is 1. The molecule has 1 aliphatic rings. The van der Waals surface area contributed by atoms with Crippen LogP contribution in [0.25, 0.3) is 0 Å². The Labute approximate surface area is 440 Å². The van der Waals surface area contributed by atoms with Crippen molar-refractivity contribution in [2.75, 3.05) is 13.2 Å². The van der Waals surface area contributed by atoms with E-state index in [1.165, 1.54) is 141 Å². The van der Waals surface area contributed by atoms with Gasteiger partial charge in [-0.2, -0.15) is 0 Å². The zero-order valence-electron chi connectivity index (χ0n) is 46.3. The molecule has 1 saturated heterocycles. The molecule has 420 valence electrons. The molecule has 0 aromatic rings. The van der Waals surface area contributed by atoms with Gasteiger partial charge in [0.1, 0.15) is 24.4 Å². The monoisotopic (exact) mass is 1020 g/mol. The summed E-state index contributed by atoms with van der Waals surface area (Å²) in [5, 5.41) is 56.8. The molecule has 1 fully saturated rings. The maximum absolute atomic E-state index is 13.3. The fourth-order valence-electron chi connectivity index (χ4n) is 9.13. The number of nitrogens with one attached hydrogen (secondary N) is 1. The van der Waals surface area contributed by atoms with Gasteiger partial charge in [-0.15, -0.1) is 0 Å². The highest BCUT2D eigenvalue weighted by atomic mass is 16.7. The predicted molar refractivity (Wildman–Crippen MR) is 297 cm³/mol. The molecule has 6 N–H and O–H groups in total. The van der Waals surface area contributed by atoms with E-state index in [2.05, 4.69) is 62.5 Å². The Morgan fingerprint density at radius 1 is 0.542 bits per heavy atom. The zero-order valence-corrected chi connectivity index (χ0v) is 46.3. The molecule has 0 saturated carbocycles. The molecule has 0 aliphatic carbocycles. The summed E-state index contributed by atoms with van der Waals surface area (Å²) in [4.78, 5) is 26.4. The van der Waals surface area contributed by atoms with E-state index < -0.39 is 67.4 Å². The number of aliphatic hydroxyl groups excluding tert-OH is 5. The molecule has 0 bridgehead atoms. The smallest absolute Gasteiger partial charge is 0.306 e. The molecule has 11 nitrogen and oxygen atoms in total. The van der Waals surface area contributed by atoms with E-state index in [9.17, 15) is 35.1 Å². The molecule has 0 spiro atoms. The quantitative estimate of drug-likeness (QED) is 0.0195. The molecule has 11 heteroatoms. The number of rotatable bonds is 50. The number of ether oxygens (including phenoxy) is 3. The van der Waals surface area contributed by atoms with Crippen molar-refractivity contribution in [2.24, 2.45) is 0 Å². The molecule has 0 radical (unpaired) electrons. The Balaban J connectivity index is 2.64.